The Kier molecular flexibility index (Phi) is 4.87. The molecule has 0 fully saturated rings. The van der Waals surface area contributed by atoms with Gasteiger partial charge in [-0.25, -0.2) is 5.84 Å². The van der Waals surface area contributed by atoms with Crippen LogP contribution < -0.4 is 5.84 Å². The van der Waals surface area contributed by atoms with Crippen LogP contribution in [0.1, 0.15) is 31.9 Å². The van der Waals surface area contributed by atoms with E-state index in [0.29, 0.717) is 6.61 Å². The number of hydrogen-bond donors (Lipinski definition) is 1. The van der Waals surface area contributed by atoms with Crippen LogP contribution in [0.4, 0.5) is 0 Å². The molecule has 18 heavy (non-hydrogen) atoms. The lowest BCUT2D eigenvalue weighted by atomic mass is 9.87. The number of carbonyl (C=O) groups is 1. The predicted octanol–water partition coefficient (Wildman–Crippen LogP) is 1.83. The van der Waals surface area contributed by atoms with Crippen molar-refractivity contribution in [3.05, 3.63) is 35.4 Å². The summed E-state index contributed by atoms with van der Waals surface area (Å²) in [7, 11) is 1.50. The maximum atomic E-state index is 11.2. The normalized spacial score (nSPS) is 11.4. The van der Waals surface area contributed by atoms with Crippen molar-refractivity contribution < 1.29 is 9.53 Å². The number of carbonyl (C=O) groups excluding carboxylic acids is 1. The molecule has 100 valence electrons. The highest BCUT2D eigenvalue weighted by atomic mass is 16.5. The summed E-state index contributed by atoms with van der Waals surface area (Å²) in [4.78, 5) is 11.2. The van der Waals surface area contributed by atoms with Gasteiger partial charge >= 0.3 is 0 Å². The highest BCUT2D eigenvalue weighted by Gasteiger charge is 2.12. The quantitative estimate of drug-likeness (QED) is 0.504. The first kappa shape index (κ1) is 14.7. The van der Waals surface area contributed by atoms with Crippen LogP contribution in [0.5, 0.6) is 0 Å². The van der Waals surface area contributed by atoms with Crippen LogP contribution in [0.25, 0.3) is 0 Å². The average molecular weight is 250 g/mol. The third-order valence-corrected chi connectivity index (χ3v) is 2.71. The molecule has 0 aromatic heterocycles. The van der Waals surface area contributed by atoms with E-state index in [-0.39, 0.29) is 17.9 Å². The lowest BCUT2D eigenvalue weighted by Crippen LogP contribution is -2.35. The first-order chi connectivity index (χ1) is 8.30. The molecule has 0 aliphatic heterocycles. The molecular weight excluding hydrogens is 228 g/mol. The molecule has 4 heteroatoms. The smallest absolute Gasteiger partial charge is 0.262 e. The monoisotopic (exact) mass is 250 g/mol. The summed E-state index contributed by atoms with van der Waals surface area (Å²) in [5.74, 6) is 5.05. The Hall–Kier alpha value is -1.39. The molecule has 4 nitrogen and oxygen atoms in total. The minimum atomic E-state index is -0.235. The predicted molar refractivity (Wildman–Crippen MR) is 71.8 cm³/mol. The SMILES string of the molecule is CN(N)C(=O)COCc1ccc(C(C)(C)C)cc1. The Morgan fingerprint density at radius 2 is 1.83 bits per heavy atom. The molecule has 0 aliphatic rings. The molecule has 0 spiro atoms. The molecule has 0 radical (unpaired) electrons. The molecule has 0 bridgehead atoms. The Morgan fingerprint density at radius 1 is 1.28 bits per heavy atom. The second-order valence-corrected chi connectivity index (χ2v) is 5.44. The van der Waals surface area contributed by atoms with E-state index in [9.17, 15) is 4.79 Å². The van der Waals surface area contributed by atoms with E-state index < -0.39 is 0 Å². The number of likely N-dealkylation sites (N-methyl/N-ethyl adjacent to an activating group) is 1. The van der Waals surface area contributed by atoms with Crippen molar-refractivity contribution in [2.24, 2.45) is 5.84 Å². The summed E-state index contributed by atoms with van der Waals surface area (Å²) >= 11 is 0. The second kappa shape index (κ2) is 5.98. The summed E-state index contributed by atoms with van der Waals surface area (Å²) in [6.45, 7) is 6.95. The molecule has 1 amide bonds. The summed E-state index contributed by atoms with van der Waals surface area (Å²) < 4.78 is 5.30. The van der Waals surface area contributed by atoms with Gasteiger partial charge in [0, 0.05) is 7.05 Å². The van der Waals surface area contributed by atoms with Crippen LogP contribution in [0.2, 0.25) is 0 Å². The van der Waals surface area contributed by atoms with Crippen LogP contribution in [0.15, 0.2) is 24.3 Å². The van der Waals surface area contributed by atoms with Gasteiger partial charge in [0.05, 0.1) is 6.61 Å². The van der Waals surface area contributed by atoms with Crippen molar-refractivity contribution in [3.8, 4) is 0 Å². The number of benzene rings is 1. The fourth-order valence-corrected chi connectivity index (χ4v) is 1.46. The summed E-state index contributed by atoms with van der Waals surface area (Å²) in [6.07, 6.45) is 0. The topological polar surface area (TPSA) is 55.6 Å². The molecule has 1 aromatic rings. The molecule has 1 aromatic carbocycles. The maximum Gasteiger partial charge on any atom is 0.262 e. The van der Waals surface area contributed by atoms with Crippen molar-refractivity contribution in [3.63, 3.8) is 0 Å². The first-order valence-corrected chi connectivity index (χ1v) is 5.99. The standard InChI is InChI=1S/C14H22N2O2/c1-14(2,3)12-7-5-11(6-8-12)9-18-10-13(17)16(4)15/h5-8H,9-10,15H2,1-4H3. The molecular formula is C14H22N2O2. The third kappa shape index (κ3) is 4.47. The number of nitrogens with two attached hydrogens (primary N) is 1. The highest BCUT2D eigenvalue weighted by molar-refractivity contribution is 5.76. The Labute approximate surface area is 109 Å². The Balaban J connectivity index is 2.47. The van der Waals surface area contributed by atoms with Gasteiger partial charge in [-0.2, -0.15) is 0 Å². The van der Waals surface area contributed by atoms with Gasteiger partial charge in [0.2, 0.25) is 0 Å². The van der Waals surface area contributed by atoms with Crippen LogP contribution in [0.3, 0.4) is 0 Å². The number of hydrogen-bond acceptors (Lipinski definition) is 3. The van der Waals surface area contributed by atoms with Crippen LogP contribution >= 0.6 is 0 Å². The fourth-order valence-electron chi connectivity index (χ4n) is 1.46. The number of nitrogens with zero attached hydrogens (tertiary/aromatic N) is 1. The average Bonchev–Trinajstić information content (AvgIpc) is 2.28. The minimum absolute atomic E-state index is 0.00796. The van der Waals surface area contributed by atoms with E-state index in [1.165, 1.54) is 12.6 Å². The Bertz CT molecular complexity index is 391. The molecule has 0 atom stereocenters. The van der Waals surface area contributed by atoms with E-state index >= 15 is 0 Å². The summed E-state index contributed by atoms with van der Waals surface area (Å²) in [5, 5.41) is 1.03. The van der Waals surface area contributed by atoms with E-state index in [1.807, 2.05) is 12.1 Å². The van der Waals surface area contributed by atoms with Gasteiger partial charge < -0.3 is 4.74 Å². The third-order valence-electron chi connectivity index (χ3n) is 2.71. The second-order valence-electron chi connectivity index (χ2n) is 5.44. The van der Waals surface area contributed by atoms with Crippen molar-refractivity contribution >= 4 is 5.91 Å². The van der Waals surface area contributed by atoms with Crippen molar-refractivity contribution in [2.45, 2.75) is 32.8 Å². The zero-order valence-electron chi connectivity index (χ0n) is 11.6. The fraction of sp³-hybridized carbons (Fsp3) is 0.500. The number of rotatable bonds is 4. The first-order valence-electron chi connectivity index (χ1n) is 5.99. The van der Waals surface area contributed by atoms with Gasteiger partial charge in [0.25, 0.3) is 5.91 Å². The minimum Gasteiger partial charge on any atom is -0.367 e. The van der Waals surface area contributed by atoms with E-state index in [0.717, 1.165) is 10.6 Å². The summed E-state index contributed by atoms with van der Waals surface area (Å²) in [5.41, 5.74) is 2.48. The Morgan fingerprint density at radius 3 is 2.28 bits per heavy atom. The molecule has 0 unspecified atom stereocenters. The van der Waals surface area contributed by atoms with Gasteiger partial charge in [-0.1, -0.05) is 45.0 Å². The van der Waals surface area contributed by atoms with E-state index in [1.54, 1.807) is 0 Å². The van der Waals surface area contributed by atoms with Crippen LogP contribution in [-0.2, 0) is 21.6 Å². The van der Waals surface area contributed by atoms with Gasteiger partial charge in [-0.15, -0.1) is 0 Å². The summed E-state index contributed by atoms with van der Waals surface area (Å²) in [6, 6.07) is 8.24. The zero-order chi connectivity index (χ0) is 13.8. The number of ether oxygens (including phenoxy) is 1. The number of amides is 1. The zero-order valence-corrected chi connectivity index (χ0v) is 11.6. The van der Waals surface area contributed by atoms with Crippen LogP contribution in [0, 0.1) is 0 Å². The molecule has 1 rings (SSSR count). The van der Waals surface area contributed by atoms with E-state index in [2.05, 4.69) is 32.9 Å². The number of hydrazine groups is 1. The van der Waals surface area contributed by atoms with Gasteiger partial charge in [-0.3, -0.25) is 9.80 Å². The molecule has 0 aliphatic carbocycles. The van der Waals surface area contributed by atoms with Crippen molar-refractivity contribution in [2.75, 3.05) is 13.7 Å². The molecule has 2 N–H and O–H groups in total. The molecule has 0 saturated heterocycles. The van der Waals surface area contributed by atoms with Crippen LogP contribution in [-0.4, -0.2) is 24.6 Å². The largest absolute Gasteiger partial charge is 0.367 e. The van der Waals surface area contributed by atoms with Gasteiger partial charge in [-0.05, 0) is 16.5 Å². The van der Waals surface area contributed by atoms with E-state index in [4.69, 9.17) is 10.6 Å². The maximum absolute atomic E-state index is 11.2. The van der Waals surface area contributed by atoms with Gasteiger partial charge in [0.1, 0.15) is 6.61 Å². The van der Waals surface area contributed by atoms with Gasteiger partial charge in [0.15, 0.2) is 0 Å². The molecule has 0 heterocycles. The lowest BCUT2D eigenvalue weighted by Gasteiger charge is -2.19. The lowest BCUT2D eigenvalue weighted by molar-refractivity contribution is -0.135. The van der Waals surface area contributed by atoms with Crippen molar-refractivity contribution in [1.82, 2.24) is 5.01 Å². The highest BCUT2D eigenvalue weighted by Crippen LogP contribution is 2.22. The molecule has 0 saturated carbocycles. The van der Waals surface area contributed by atoms with Crippen molar-refractivity contribution in [1.29, 1.82) is 0 Å².